The Morgan fingerprint density at radius 3 is 2.52 bits per heavy atom. The minimum Gasteiger partial charge on any atom is -0.486 e. The number of carbonyl (C=O) groups is 1. The zero-order valence-electron chi connectivity index (χ0n) is 14.3. The third kappa shape index (κ3) is 4.26. The van der Waals surface area contributed by atoms with Crippen molar-refractivity contribution in [1.82, 2.24) is 14.9 Å². The van der Waals surface area contributed by atoms with E-state index < -0.39 is 0 Å². The Morgan fingerprint density at radius 2 is 1.88 bits per heavy atom. The second-order valence-corrected chi connectivity index (χ2v) is 5.87. The van der Waals surface area contributed by atoms with Gasteiger partial charge in [0.05, 0.1) is 6.04 Å². The Kier molecular flexibility index (Phi) is 5.14. The number of imidazole rings is 1. The Hall–Kier alpha value is -3.08. The maximum Gasteiger partial charge on any atom is 0.251 e. The van der Waals surface area contributed by atoms with Crippen LogP contribution in [-0.4, -0.2) is 15.5 Å². The second-order valence-electron chi connectivity index (χ2n) is 5.87. The highest BCUT2D eigenvalue weighted by Crippen LogP contribution is 2.16. The molecule has 0 saturated carbocycles. The lowest BCUT2D eigenvalue weighted by atomic mass is 10.1. The van der Waals surface area contributed by atoms with E-state index >= 15 is 0 Å². The van der Waals surface area contributed by atoms with E-state index in [0.717, 1.165) is 11.4 Å². The Balaban J connectivity index is 1.58. The molecule has 1 aromatic heterocycles. The lowest BCUT2D eigenvalue weighted by Gasteiger charge is -2.14. The summed E-state index contributed by atoms with van der Waals surface area (Å²) in [6.45, 7) is 2.36. The molecule has 0 fully saturated rings. The minimum absolute atomic E-state index is 0.0481. The number of nitrogens with one attached hydrogen (secondary N) is 1. The van der Waals surface area contributed by atoms with Crippen LogP contribution in [0.15, 0.2) is 67.0 Å². The van der Waals surface area contributed by atoms with E-state index in [4.69, 9.17) is 4.74 Å². The molecule has 128 valence electrons. The molecule has 3 aromatic rings. The first-order valence-electron chi connectivity index (χ1n) is 8.18. The van der Waals surface area contributed by atoms with Crippen LogP contribution in [0.3, 0.4) is 0 Å². The molecule has 1 atom stereocenters. The number of amides is 1. The van der Waals surface area contributed by atoms with Crippen LogP contribution < -0.4 is 10.1 Å². The lowest BCUT2D eigenvalue weighted by Crippen LogP contribution is -2.26. The van der Waals surface area contributed by atoms with Gasteiger partial charge >= 0.3 is 0 Å². The Morgan fingerprint density at radius 1 is 1.16 bits per heavy atom. The molecule has 0 unspecified atom stereocenters. The van der Waals surface area contributed by atoms with Crippen LogP contribution in [0.4, 0.5) is 0 Å². The Labute approximate surface area is 147 Å². The van der Waals surface area contributed by atoms with Crippen LogP contribution >= 0.6 is 0 Å². The largest absolute Gasteiger partial charge is 0.486 e. The van der Waals surface area contributed by atoms with Crippen LogP contribution in [0.5, 0.6) is 5.75 Å². The molecule has 0 radical (unpaired) electrons. The highest BCUT2D eigenvalue weighted by molar-refractivity contribution is 5.94. The highest BCUT2D eigenvalue weighted by atomic mass is 16.5. The molecule has 0 aliphatic rings. The van der Waals surface area contributed by atoms with Gasteiger partial charge in [0.1, 0.15) is 18.2 Å². The molecule has 25 heavy (non-hydrogen) atoms. The summed E-state index contributed by atoms with van der Waals surface area (Å²) < 4.78 is 7.61. The van der Waals surface area contributed by atoms with Gasteiger partial charge in [-0.3, -0.25) is 4.79 Å². The first kappa shape index (κ1) is 16.8. The van der Waals surface area contributed by atoms with Gasteiger partial charge in [0, 0.05) is 25.0 Å². The fourth-order valence-corrected chi connectivity index (χ4v) is 2.49. The smallest absolute Gasteiger partial charge is 0.251 e. The summed E-state index contributed by atoms with van der Waals surface area (Å²) in [5, 5.41) is 3.00. The van der Waals surface area contributed by atoms with Gasteiger partial charge in [-0.05, 0) is 36.8 Å². The summed E-state index contributed by atoms with van der Waals surface area (Å²) in [5.74, 6) is 1.45. The van der Waals surface area contributed by atoms with Gasteiger partial charge in [-0.25, -0.2) is 4.98 Å². The van der Waals surface area contributed by atoms with Crippen LogP contribution in [0.1, 0.15) is 34.7 Å². The van der Waals surface area contributed by atoms with Gasteiger partial charge in [-0.15, -0.1) is 0 Å². The molecule has 0 saturated heterocycles. The maximum atomic E-state index is 12.4. The van der Waals surface area contributed by atoms with Gasteiger partial charge in [0.2, 0.25) is 0 Å². The second kappa shape index (κ2) is 7.66. The highest BCUT2D eigenvalue weighted by Gasteiger charge is 2.11. The van der Waals surface area contributed by atoms with Crippen molar-refractivity contribution in [3.8, 4) is 5.75 Å². The number of rotatable bonds is 6. The molecule has 2 aromatic carbocycles. The summed E-state index contributed by atoms with van der Waals surface area (Å²) in [4.78, 5) is 16.6. The maximum absolute atomic E-state index is 12.4. The number of carbonyl (C=O) groups excluding carboxylic acids is 1. The monoisotopic (exact) mass is 335 g/mol. The summed E-state index contributed by atoms with van der Waals surface area (Å²) in [6, 6.07) is 17.0. The Bertz CT molecular complexity index is 826. The number of nitrogens with zero attached hydrogens (tertiary/aromatic N) is 2. The zero-order chi connectivity index (χ0) is 17.6. The number of aryl methyl sites for hydroxylation is 1. The predicted molar refractivity (Wildman–Crippen MR) is 96.3 cm³/mol. The van der Waals surface area contributed by atoms with Crippen molar-refractivity contribution >= 4 is 5.91 Å². The van der Waals surface area contributed by atoms with Crippen molar-refractivity contribution in [2.45, 2.75) is 19.6 Å². The van der Waals surface area contributed by atoms with Gasteiger partial charge < -0.3 is 14.6 Å². The standard InChI is InChI=1S/C20H21N3O2/c1-15(16-6-4-3-5-7-16)22-20(24)17-8-10-18(11-9-17)25-14-19-21-12-13-23(19)2/h3-13,15H,14H2,1-2H3,(H,22,24)/t15-/m0/s1. The van der Waals surface area contributed by atoms with Crippen LogP contribution in [-0.2, 0) is 13.7 Å². The van der Waals surface area contributed by atoms with Crippen LogP contribution in [0.25, 0.3) is 0 Å². The zero-order valence-corrected chi connectivity index (χ0v) is 14.3. The van der Waals surface area contributed by atoms with E-state index in [2.05, 4.69) is 10.3 Å². The average molecular weight is 335 g/mol. The number of hydrogen-bond acceptors (Lipinski definition) is 3. The minimum atomic E-state index is -0.105. The summed E-state index contributed by atoms with van der Waals surface area (Å²) in [7, 11) is 1.92. The molecule has 3 rings (SSSR count). The van der Waals surface area contributed by atoms with E-state index in [1.165, 1.54) is 0 Å². The number of aromatic nitrogens is 2. The average Bonchev–Trinajstić information content (AvgIpc) is 3.06. The molecule has 1 heterocycles. The fraction of sp³-hybridized carbons (Fsp3) is 0.200. The van der Waals surface area contributed by atoms with Crippen molar-refractivity contribution in [3.05, 3.63) is 83.9 Å². The normalized spacial score (nSPS) is 11.8. The molecule has 0 aliphatic heterocycles. The van der Waals surface area contributed by atoms with Crippen LogP contribution in [0.2, 0.25) is 0 Å². The van der Waals surface area contributed by atoms with Gasteiger partial charge in [-0.1, -0.05) is 30.3 Å². The molecule has 5 heteroatoms. The molecule has 5 nitrogen and oxygen atoms in total. The van der Waals surface area contributed by atoms with Gasteiger partial charge in [-0.2, -0.15) is 0 Å². The molecule has 0 aliphatic carbocycles. The third-order valence-corrected chi connectivity index (χ3v) is 4.05. The van der Waals surface area contributed by atoms with Gasteiger partial charge in [0.15, 0.2) is 0 Å². The van der Waals surface area contributed by atoms with Crippen molar-refractivity contribution in [2.24, 2.45) is 7.05 Å². The first-order chi connectivity index (χ1) is 12.1. The third-order valence-electron chi connectivity index (χ3n) is 4.05. The summed E-state index contributed by atoms with van der Waals surface area (Å²) >= 11 is 0. The van der Waals surface area contributed by atoms with E-state index in [-0.39, 0.29) is 11.9 Å². The van der Waals surface area contributed by atoms with Crippen LogP contribution in [0, 0.1) is 0 Å². The van der Waals surface area contributed by atoms with Crippen molar-refractivity contribution in [1.29, 1.82) is 0 Å². The lowest BCUT2D eigenvalue weighted by molar-refractivity contribution is 0.0940. The van der Waals surface area contributed by atoms with Gasteiger partial charge in [0.25, 0.3) is 5.91 Å². The topological polar surface area (TPSA) is 56.1 Å². The van der Waals surface area contributed by atoms with Crippen molar-refractivity contribution in [3.63, 3.8) is 0 Å². The fourth-order valence-electron chi connectivity index (χ4n) is 2.49. The number of hydrogen-bond donors (Lipinski definition) is 1. The molecule has 0 spiro atoms. The first-order valence-corrected chi connectivity index (χ1v) is 8.18. The van der Waals surface area contributed by atoms with Crippen molar-refractivity contribution in [2.75, 3.05) is 0 Å². The number of benzene rings is 2. The molecule has 0 bridgehead atoms. The SMILES string of the molecule is C[C@H](NC(=O)c1ccc(OCc2nccn2C)cc1)c1ccccc1. The molecule has 1 amide bonds. The molecular formula is C20H21N3O2. The summed E-state index contributed by atoms with van der Waals surface area (Å²) in [6.07, 6.45) is 3.61. The van der Waals surface area contributed by atoms with E-state index in [9.17, 15) is 4.79 Å². The summed E-state index contributed by atoms with van der Waals surface area (Å²) in [5.41, 5.74) is 1.68. The predicted octanol–water partition coefficient (Wildman–Crippen LogP) is 3.49. The van der Waals surface area contributed by atoms with Crippen molar-refractivity contribution < 1.29 is 9.53 Å². The van der Waals surface area contributed by atoms with E-state index in [1.54, 1.807) is 30.5 Å². The number of ether oxygens (including phenoxy) is 1. The molecule has 1 N–H and O–H groups in total. The van der Waals surface area contributed by atoms with E-state index in [0.29, 0.717) is 17.9 Å². The molecular weight excluding hydrogens is 314 g/mol. The quantitative estimate of drug-likeness (QED) is 0.750. The van der Waals surface area contributed by atoms with E-state index in [1.807, 2.05) is 55.1 Å².